The quantitative estimate of drug-likeness (QED) is 0.821. The topological polar surface area (TPSA) is 84.4 Å². The van der Waals surface area contributed by atoms with E-state index in [1.165, 1.54) is 0 Å². The molecule has 0 radical (unpaired) electrons. The lowest BCUT2D eigenvalue weighted by Gasteiger charge is -2.28. The highest BCUT2D eigenvalue weighted by atomic mass is 16.5. The van der Waals surface area contributed by atoms with E-state index in [1.54, 1.807) is 41.6 Å². The maximum atomic E-state index is 12.7. The smallest absolute Gasteiger partial charge is 0.321 e. The van der Waals surface area contributed by atoms with Gasteiger partial charge in [0.1, 0.15) is 5.75 Å². The third kappa shape index (κ3) is 4.85. The molecule has 2 heterocycles. The van der Waals surface area contributed by atoms with Gasteiger partial charge in [0.15, 0.2) is 0 Å². The van der Waals surface area contributed by atoms with Crippen molar-refractivity contribution in [1.29, 1.82) is 0 Å². The Bertz CT molecular complexity index is 841. The maximum Gasteiger partial charge on any atom is 0.321 e. The Morgan fingerprint density at radius 1 is 1.18 bits per heavy atom. The monoisotopic (exact) mass is 382 g/mol. The van der Waals surface area contributed by atoms with Gasteiger partial charge >= 0.3 is 17.8 Å². The number of aromatic nitrogens is 2. The number of nitrogens with zero attached hydrogens (tertiary/aromatic N) is 3. The molecule has 0 unspecified atom stereocenters. The average molecular weight is 382 g/mol. The van der Waals surface area contributed by atoms with Crippen molar-refractivity contribution in [2.75, 3.05) is 11.9 Å². The van der Waals surface area contributed by atoms with E-state index in [0.717, 1.165) is 24.8 Å². The molecule has 28 heavy (non-hydrogen) atoms. The number of carbonyl (C=O) groups excluding carboxylic acids is 2. The lowest BCUT2D eigenvalue weighted by Crippen LogP contribution is -2.45. The minimum atomic E-state index is -0.607. The van der Waals surface area contributed by atoms with Crippen LogP contribution in [0.2, 0.25) is 0 Å². The Labute approximate surface area is 165 Å². The zero-order valence-electron chi connectivity index (χ0n) is 16.5. The van der Waals surface area contributed by atoms with Crippen molar-refractivity contribution in [1.82, 2.24) is 14.9 Å². The minimum Gasteiger partial charge on any atom is -0.424 e. The van der Waals surface area contributed by atoms with Crippen LogP contribution >= 0.6 is 0 Å². The second-order valence-electron chi connectivity index (χ2n) is 7.41. The van der Waals surface area contributed by atoms with E-state index in [-0.39, 0.29) is 12.1 Å². The van der Waals surface area contributed by atoms with Crippen molar-refractivity contribution in [2.24, 2.45) is 5.92 Å². The fourth-order valence-electron chi connectivity index (χ4n) is 3.40. The third-order valence-corrected chi connectivity index (χ3v) is 5.01. The number of hydrogen-bond donors (Lipinski definition) is 1. The summed E-state index contributed by atoms with van der Waals surface area (Å²) in [5.41, 5.74) is 1.36. The number of hydrogen-bond acceptors (Lipinski definition) is 5. The number of carbonyl (C=O) groups is 2. The summed E-state index contributed by atoms with van der Waals surface area (Å²) < 4.78 is 5.59. The molecule has 1 N–H and O–H groups in total. The van der Waals surface area contributed by atoms with Crippen molar-refractivity contribution >= 4 is 17.5 Å². The molecule has 1 aliphatic heterocycles. The van der Waals surface area contributed by atoms with Crippen molar-refractivity contribution in [2.45, 2.75) is 46.1 Å². The number of rotatable bonds is 3. The Balaban J connectivity index is 1.67. The number of anilines is 1. The van der Waals surface area contributed by atoms with Gasteiger partial charge in [0.2, 0.25) is 0 Å². The van der Waals surface area contributed by atoms with Gasteiger partial charge in [-0.15, -0.1) is 0 Å². The molecule has 1 saturated heterocycles. The van der Waals surface area contributed by atoms with Crippen LogP contribution in [0.1, 0.15) is 38.7 Å². The Morgan fingerprint density at radius 3 is 2.64 bits per heavy atom. The van der Waals surface area contributed by atoms with Crippen LogP contribution in [0, 0.1) is 12.8 Å². The SMILES string of the molecule is Cc1cc(Oc2ncccn2)ccc1NC(=O)C(=O)N1C[C@@H](C)CCC[C@H]1C. The lowest BCUT2D eigenvalue weighted by atomic mass is 10.1. The molecular weight excluding hydrogens is 356 g/mol. The zero-order valence-corrected chi connectivity index (χ0v) is 16.5. The predicted molar refractivity (Wildman–Crippen MR) is 106 cm³/mol. The zero-order chi connectivity index (χ0) is 20.1. The Morgan fingerprint density at radius 2 is 1.93 bits per heavy atom. The molecular formula is C21H26N4O3. The highest BCUT2D eigenvalue weighted by molar-refractivity contribution is 6.39. The molecule has 1 aromatic heterocycles. The number of amides is 2. The van der Waals surface area contributed by atoms with E-state index in [0.29, 0.717) is 23.9 Å². The number of aryl methyl sites for hydroxylation is 1. The van der Waals surface area contributed by atoms with Gasteiger partial charge in [-0.2, -0.15) is 0 Å². The molecule has 148 valence electrons. The van der Waals surface area contributed by atoms with E-state index in [9.17, 15) is 9.59 Å². The molecule has 3 rings (SSSR count). The van der Waals surface area contributed by atoms with Gasteiger partial charge in [0, 0.05) is 30.7 Å². The molecule has 2 amide bonds. The molecule has 7 nitrogen and oxygen atoms in total. The van der Waals surface area contributed by atoms with Crippen LogP contribution in [0.15, 0.2) is 36.7 Å². The molecule has 1 fully saturated rings. The number of ether oxygens (including phenoxy) is 1. The van der Waals surface area contributed by atoms with Crippen molar-refractivity contribution in [3.05, 3.63) is 42.2 Å². The van der Waals surface area contributed by atoms with E-state index in [4.69, 9.17) is 4.74 Å². The van der Waals surface area contributed by atoms with E-state index in [1.807, 2.05) is 13.8 Å². The molecule has 1 aliphatic rings. The van der Waals surface area contributed by atoms with E-state index >= 15 is 0 Å². The maximum absolute atomic E-state index is 12.7. The highest BCUT2D eigenvalue weighted by Gasteiger charge is 2.29. The molecule has 7 heteroatoms. The largest absolute Gasteiger partial charge is 0.424 e. The first kappa shape index (κ1) is 19.8. The normalized spacial score (nSPS) is 19.6. The summed E-state index contributed by atoms with van der Waals surface area (Å²) in [6.45, 7) is 6.59. The molecule has 2 aromatic rings. The van der Waals surface area contributed by atoms with Crippen LogP contribution in [0.3, 0.4) is 0 Å². The summed E-state index contributed by atoms with van der Waals surface area (Å²) in [5, 5.41) is 2.74. The summed E-state index contributed by atoms with van der Waals surface area (Å²) >= 11 is 0. The molecule has 1 aromatic carbocycles. The minimum absolute atomic E-state index is 0.0749. The van der Waals surface area contributed by atoms with Gasteiger partial charge in [-0.05, 0) is 62.4 Å². The summed E-state index contributed by atoms with van der Waals surface area (Å²) in [6.07, 6.45) is 6.29. The number of benzene rings is 1. The van der Waals surface area contributed by atoms with Crippen LogP contribution < -0.4 is 10.1 Å². The first-order valence-electron chi connectivity index (χ1n) is 9.61. The number of nitrogens with one attached hydrogen (secondary N) is 1. The van der Waals surface area contributed by atoms with Gasteiger partial charge in [0.25, 0.3) is 0 Å². The Kier molecular flexibility index (Phi) is 6.23. The first-order chi connectivity index (χ1) is 13.4. The van der Waals surface area contributed by atoms with E-state index < -0.39 is 11.8 Å². The summed E-state index contributed by atoms with van der Waals surface area (Å²) in [5.74, 6) is -0.120. The van der Waals surface area contributed by atoms with Gasteiger partial charge in [-0.1, -0.05) is 13.3 Å². The predicted octanol–water partition coefficient (Wildman–Crippen LogP) is 3.55. The number of likely N-dealkylation sites (tertiary alicyclic amines) is 1. The first-order valence-corrected chi connectivity index (χ1v) is 9.61. The summed E-state index contributed by atoms with van der Waals surface area (Å²) in [7, 11) is 0. The van der Waals surface area contributed by atoms with Crippen molar-refractivity contribution in [3.8, 4) is 11.8 Å². The van der Waals surface area contributed by atoms with Crippen LogP contribution in [-0.2, 0) is 9.59 Å². The standard InChI is InChI=1S/C21H26N4O3/c1-14-6-4-7-16(3)25(13-14)20(27)19(26)24-18-9-8-17(12-15(18)2)28-21-22-10-5-11-23-21/h5,8-12,14,16H,4,6-7,13H2,1-3H3,(H,24,26)/t14-,16+/m0/s1. The van der Waals surface area contributed by atoms with Gasteiger partial charge < -0.3 is 15.0 Å². The van der Waals surface area contributed by atoms with Crippen LogP contribution in [0.5, 0.6) is 11.8 Å². The van der Waals surface area contributed by atoms with Crippen LogP contribution in [-0.4, -0.2) is 39.3 Å². The lowest BCUT2D eigenvalue weighted by molar-refractivity contribution is -0.144. The van der Waals surface area contributed by atoms with Crippen LogP contribution in [0.4, 0.5) is 5.69 Å². The van der Waals surface area contributed by atoms with Gasteiger partial charge in [-0.3, -0.25) is 9.59 Å². The van der Waals surface area contributed by atoms with Gasteiger partial charge in [-0.25, -0.2) is 9.97 Å². The van der Waals surface area contributed by atoms with Crippen molar-refractivity contribution in [3.63, 3.8) is 0 Å². The van der Waals surface area contributed by atoms with Crippen molar-refractivity contribution < 1.29 is 14.3 Å². The van der Waals surface area contributed by atoms with Gasteiger partial charge in [0.05, 0.1) is 0 Å². The molecule has 0 bridgehead atoms. The molecule has 0 saturated carbocycles. The molecule has 0 aliphatic carbocycles. The second kappa shape index (κ2) is 8.82. The van der Waals surface area contributed by atoms with Crippen LogP contribution in [0.25, 0.3) is 0 Å². The fraction of sp³-hybridized carbons (Fsp3) is 0.429. The second-order valence-corrected chi connectivity index (χ2v) is 7.41. The Hall–Kier alpha value is -2.96. The summed E-state index contributed by atoms with van der Waals surface area (Å²) in [4.78, 5) is 35.0. The van der Waals surface area contributed by atoms with E-state index in [2.05, 4.69) is 22.2 Å². The summed E-state index contributed by atoms with van der Waals surface area (Å²) in [6, 6.07) is 7.23. The molecule has 2 atom stereocenters. The highest BCUT2D eigenvalue weighted by Crippen LogP contribution is 2.25. The third-order valence-electron chi connectivity index (χ3n) is 5.01. The fourth-order valence-corrected chi connectivity index (χ4v) is 3.40. The average Bonchev–Trinajstić information content (AvgIpc) is 2.84. The molecule has 0 spiro atoms.